The van der Waals surface area contributed by atoms with Crippen molar-refractivity contribution in [3.63, 3.8) is 0 Å². The van der Waals surface area contributed by atoms with Gasteiger partial charge in [-0.2, -0.15) is 5.10 Å². The van der Waals surface area contributed by atoms with Crippen LogP contribution in [-0.4, -0.2) is 51.6 Å². The van der Waals surface area contributed by atoms with Gasteiger partial charge in [0.25, 0.3) is 5.91 Å². The van der Waals surface area contributed by atoms with Gasteiger partial charge in [-0.3, -0.25) is 19.6 Å². The van der Waals surface area contributed by atoms with Crippen LogP contribution in [0.1, 0.15) is 56.4 Å². The van der Waals surface area contributed by atoms with E-state index in [1.807, 2.05) is 0 Å². The number of esters is 2. The van der Waals surface area contributed by atoms with Crippen molar-refractivity contribution in [3.05, 3.63) is 40.4 Å². The van der Waals surface area contributed by atoms with Crippen molar-refractivity contribution < 1.29 is 33.1 Å². The fourth-order valence-corrected chi connectivity index (χ4v) is 3.25. The number of ketones is 1. The number of pyridine rings is 1. The smallest absolute Gasteiger partial charge is 0.344 e. The zero-order valence-corrected chi connectivity index (χ0v) is 18.3. The molecule has 0 saturated carbocycles. The summed E-state index contributed by atoms with van der Waals surface area (Å²) in [5, 5.41) is 7.27. The second-order valence-corrected chi connectivity index (χ2v) is 6.94. The van der Waals surface area contributed by atoms with Gasteiger partial charge in [0.05, 0.1) is 23.4 Å². The highest BCUT2D eigenvalue weighted by Crippen LogP contribution is 2.28. The lowest BCUT2D eigenvalue weighted by atomic mass is 10.1. The quantitative estimate of drug-likeness (QED) is 0.431. The Labute approximate surface area is 182 Å². The average molecular weight is 442 g/mol. The molecule has 11 heteroatoms. The van der Waals surface area contributed by atoms with Crippen LogP contribution < -0.4 is 5.32 Å². The molecular formula is C21H22N4O7. The summed E-state index contributed by atoms with van der Waals surface area (Å²) in [6.07, 6.45) is 1.33. The Bertz CT molecular complexity index is 1240. The lowest BCUT2D eigenvalue weighted by Gasteiger charge is -2.07. The summed E-state index contributed by atoms with van der Waals surface area (Å²) in [4.78, 5) is 53.1. The van der Waals surface area contributed by atoms with Crippen molar-refractivity contribution in [3.8, 4) is 0 Å². The highest BCUT2D eigenvalue weighted by molar-refractivity contribution is 6.11. The molecule has 0 atom stereocenters. The molecule has 3 aromatic rings. The largest absolute Gasteiger partial charge is 0.462 e. The second-order valence-electron chi connectivity index (χ2n) is 6.94. The second kappa shape index (κ2) is 9.00. The zero-order chi connectivity index (χ0) is 23.6. The molecule has 0 spiro atoms. The number of ether oxygens (including phenoxy) is 2. The van der Waals surface area contributed by atoms with E-state index in [0.29, 0.717) is 16.7 Å². The first-order valence-corrected chi connectivity index (χ1v) is 9.71. The number of hydrogen-bond acceptors (Lipinski definition) is 9. The molecule has 0 radical (unpaired) electrons. The molecule has 1 N–H and O–H groups in total. The van der Waals surface area contributed by atoms with Crippen LogP contribution >= 0.6 is 0 Å². The molecule has 0 bridgehead atoms. The molecular weight excluding hydrogens is 420 g/mol. The monoisotopic (exact) mass is 442 g/mol. The van der Waals surface area contributed by atoms with Gasteiger partial charge in [0.15, 0.2) is 18.0 Å². The van der Waals surface area contributed by atoms with Crippen molar-refractivity contribution >= 4 is 40.5 Å². The Kier molecular flexibility index (Phi) is 6.37. The topological polar surface area (TPSA) is 143 Å². The van der Waals surface area contributed by atoms with Crippen LogP contribution in [0, 0.1) is 13.8 Å². The van der Waals surface area contributed by atoms with Crippen LogP contribution in [0.5, 0.6) is 0 Å². The Morgan fingerprint density at radius 1 is 1.12 bits per heavy atom. The summed E-state index contributed by atoms with van der Waals surface area (Å²) in [6.45, 7) is 5.56. The molecule has 0 aromatic carbocycles. The lowest BCUT2D eigenvalue weighted by molar-refractivity contribution is -0.119. The van der Waals surface area contributed by atoms with Crippen molar-refractivity contribution in [2.75, 3.05) is 18.5 Å². The van der Waals surface area contributed by atoms with Crippen LogP contribution in [0.15, 0.2) is 16.7 Å². The minimum absolute atomic E-state index is 0.0157. The van der Waals surface area contributed by atoms with Crippen LogP contribution in [0.3, 0.4) is 0 Å². The van der Waals surface area contributed by atoms with E-state index < -0.39 is 30.2 Å². The number of carbonyl (C=O) groups excluding carboxylic acids is 4. The summed E-state index contributed by atoms with van der Waals surface area (Å²) >= 11 is 0. The van der Waals surface area contributed by atoms with Gasteiger partial charge in [-0.1, -0.05) is 0 Å². The first kappa shape index (κ1) is 22.7. The van der Waals surface area contributed by atoms with Gasteiger partial charge in [-0.05, 0) is 33.8 Å². The molecule has 11 nitrogen and oxygen atoms in total. The Hall–Kier alpha value is -4.02. The maximum atomic E-state index is 12.4. The number of hydrogen-bond donors (Lipinski definition) is 1. The summed E-state index contributed by atoms with van der Waals surface area (Å²) in [7, 11) is 1.74. The third-order valence-electron chi connectivity index (χ3n) is 4.60. The van der Waals surface area contributed by atoms with Gasteiger partial charge < -0.3 is 13.9 Å². The SMILES string of the molecule is CCOC(=O)c1c(NC(=O)COC(=O)c2cnc3c(c2)c(C)nn3C)oc(C)c1C(C)=O. The number of anilines is 1. The van der Waals surface area contributed by atoms with Crippen molar-refractivity contribution in [2.24, 2.45) is 7.05 Å². The number of aromatic nitrogens is 3. The molecule has 32 heavy (non-hydrogen) atoms. The molecule has 3 heterocycles. The minimum atomic E-state index is -0.812. The molecule has 0 aliphatic heterocycles. The van der Waals surface area contributed by atoms with Crippen LogP contribution in [0.4, 0.5) is 5.88 Å². The minimum Gasteiger partial charge on any atom is -0.462 e. The van der Waals surface area contributed by atoms with Crippen molar-refractivity contribution in [1.82, 2.24) is 14.8 Å². The van der Waals surface area contributed by atoms with Crippen molar-refractivity contribution in [2.45, 2.75) is 27.7 Å². The zero-order valence-electron chi connectivity index (χ0n) is 18.3. The van der Waals surface area contributed by atoms with E-state index >= 15 is 0 Å². The van der Waals surface area contributed by atoms with E-state index in [-0.39, 0.29) is 34.9 Å². The number of rotatable bonds is 7. The number of aryl methyl sites for hydroxylation is 3. The van der Waals surface area contributed by atoms with Gasteiger partial charge in [-0.15, -0.1) is 0 Å². The molecule has 3 aromatic heterocycles. The number of Topliss-reactive ketones (excluding diaryl/α,β-unsaturated/α-hetero) is 1. The molecule has 0 aliphatic carbocycles. The van der Waals surface area contributed by atoms with Gasteiger partial charge in [0.2, 0.25) is 5.88 Å². The number of nitrogens with zero attached hydrogens (tertiary/aromatic N) is 3. The van der Waals surface area contributed by atoms with E-state index in [0.717, 1.165) is 0 Å². The summed E-state index contributed by atoms with van der Waals surface area (Å²) in [6, 6.07) is 1.58. The van der Waals surface area contributed by atoms with E-state index in [2.05, 4.69) is 15.4 Å². The number of amides is 1. The standard InChI is InChI=1S/C21H22N4O7/c1-6-30-21(29)17-16(11(3)26)12(4)32-19(17)23-15(27)9-31-20(28)13-7-14-10(2)24-25(5)18(14)22-8-13/h7-8H,6,9H2,1-5H3,(H,23,27). The molecule has 0 saturated heterocycles. The van der Waals surface area contributed by atoms with Gasteiger partial charge in [0.1, 0.15) is 11.3 Å². The first-order valence-electron chi connectivity index (χ1n) is 9.71. The number of fused-ring (bicyclic) bond motifs is 1. The molecule has 0 aliphatic rings. The number of furan rings is 1. The summed E-state index contributed by atoms with van der Waals surface area (Å²) in [5.41, 5.74) is 1.29. The normalized spacial score (nSPS) is 10.8. The average Bonchev–Trinajstić information content (AvgIpc) is 3.21. The third-order valence-corrected chi connectivity index (χ3v) is 4.60. The third kappa shape index (κ3) is 4.36. The Balaban J connectivity index is 1.73. The van der Waals surface area contributed by atoms with E-state index in [1.165, 1.54) is 20.0 Å². The Morgan fingerprint density at radius 2 is 1.84 bits per heavy atom. The van der Waals surface area contributed by atoms with Gasteiger partial charge >= 0.3 is 11.9 Å². The highest BCUT2D eigenvalue weighted by atomic mass is 16.5. The summed E-state index contributed by atoms with van der Waals surface area (Å²) < 4.78 is 17.0. The highest BCUT2D eigenvalue weighted by Gasteiger charge is 2.29. The predicted molar refractivity (Wildman–Crippen MR) is 112 cm³/mol. The summed E-state index contributed by atoms with van der Waals surface area (Å²) in [5.74, 6) is -2.86. The lowest BCUT2D eigenvalue weighted by Crippen LogP contribution is -2.22. The molecule has 1 amide bonds. The predicted octanol–water partition coefficient (Wildman–Crippen LogP) is 2.35. The van der Waals surface area contributed by atoms with Gasteiger partial charge in [-0.25, -0.2) is 14.6 Å². The van der Waals surface area contributed by atoms with E-state index in [4.69, 9.17) is 13.9 Å². The number of nitrogens with one attached hydrogen (secondary N) is 1. The molecule has 0 fully saturated rings. The molecule has 3 rings (SSSR count). The van der Waals surface area contributed by atoms with Crippen LogP contribution in [0.25, 0.3) is 11.0 Å². The number of carbonyl (C=O) groups is 4. The maximum Gasteiger partial charge on any atom is 0.344 e. The fraction of sp³-hybridized carbons (Fsp3) is 0.333. The first-order chi connectivity index (χ1) is 15.1. The maximum absolute atomic E-state index is 12.4. The van der Waals surface area contributed by atoms with Crippen LogP contribution in [-0.2, 0) is 21.3 Å². The van der Waals surface area contributed by atoms with E-state index in [9.17, 15) is 19.2 Å². The van der Waals surface area contributed by atoms with Crippen LogP contribution in [0.2, 0.25) is 0 Å². The molecule has 168 valence electrons. The Morgan fingerprint density at radius 3 is 2.50 bits per heavy atom. The van der Waals surface area contributed by atoms with Gasteiger partial charge in [0, 0.05) is 18.6 Å². The fourth-order valence-electron chi connectivity index (χ4n) is 3.25. The molecule has 0 unspecified atom stereocenters. The van der Waals surface area contributed by atoms with Crippen molar-refractivity contribution in [1.29, 1.82) is 0 Å². The van der Waals surface area contributed by atoms with E-state index in [1.54, 1.807) is 31.6 Å².